The number of nitrogens with two attached hydrogens (primary N) is 1. The van der Waals surface area contributed by atoms with Gasteiger partial charge < -0.3 is 20.4 Å². The predicted octanol–water partition coefficient (Wildman–Crippen LogP) is 3.42. The molecule has 2 aromatic heterocycles. The summed E-state index contributed by atoms with van der Waals surface area (Å²) in [5.74, 6) is 0. The molecule has 0 saturated carbocycles. The van der Waals surface area contributed by atoms with Gasteiger partial charge in [-0.25, -0.2) is 0 Å². The van der Waals surface area contributed by atoms with E-state index in [1.807, 2.05) is 24.4 Å². The normalized spacial score (nSPS) is 17.7. The second-order valence-corrected chi connectivity index (χ2v) is 7.14. The van der Waals surface area contributed by atoms with Crippen LogP contribution in [0.4, 0.5) is 11.7 Å². The maximum Gasteiger partial charge on any atom is 0.292 e. The van der Waals surface area contributed by atoms with Crippen molar-refractivity contribution < 1.29 is 4.42 Å². The average molecular weight is 359 g/mol. The summed E-state index contributed by atoms with van der Waals surface area (Å²) >= 11 is 0. The summed E-state index contributed by atoms with van der Waals surface area (Å²) in [6, 6.07) is 15.2. The van der Waals surface area contributed by atoms with E-state index >= 15 is 0 Å². The first kappa shape index (κ1) is 16.1. The Morgan fingerprint density at radius 3 is 2.85 bits per heavy atom. The van der Waals surface area contributed by atoms with Crippen LogP contribution in [-0.4, -0.2) is 35.6 Å². The third-order valence-corrected chi connectivity index (χ3v) is 5.14. The number of hydrogen-bond donors (Lipinski definition) is 2. The number of aromatic nitrogens is 2. The highest BCUT2D eigenvalue weighted by atomic mass is 16.4. The van der Waals surface area contributed by atoms with E-state index < -0.39 is 0 Å². The lowest BCUT2D eigenvalue weighted by Gasteiger charge is -2.33. The number of fused-ring (bicyclic) bond motifs is 2. The van der Waals surface area contributed by atoms with Gasteiger partial charge in [0.2, 0.25) is 0 Å². The molecule has 0 amide bonds. The van der Waals surface area contributed by atoms with Crippen LogP contribution in [-0.2, 0) is 0 Å². The molecule has 6 heteroatoms. The Balaban J connectivity index is 1.54. The molecule has 0 bridgehead atoms. The van der Waals surface area contributed by atoms with Gasteiger partial charge in [0.05, 0.1) is 17.4 Å². The number of piperazine rings is 1. The second-order valence-electron chi connectivity index (χ2n) is 7.14. The molecule has 1 saturated heterocycles. The van der Waals surface area contributed by atoms with E-state index in [4.69, 9.17) is 10.2 Å². The Labute approximate surface area is 157 Å². The molecule has 3 N–H and O–H groups in total. The van der Waals surface area contributed by atoms with Crippen LogP contribution in [0.5, 0.6) is 0 Å². The molecular weight excluding hydrogens is 338 g/mol. The fraction of sp³-hybridized carbons (Fsp3) is 0.238. The minimum absolute atomic E-state index is 0.194. The van der Waals surface area contributed by atoms with Gasteiger partial charge in [0, 0.05) is 31.1 Å². The average Bonchev–Trinajstić information content (AvgIpc) is 3.06. The molecule has 27 heavy (non-hydrogen) atoms. The lowest BCUT2D eigenvalue weighted by molar-refractivity contribution is 0.484. The minimum Gasteiger partial charge on any atom is -0.424 e. The number of oxazole rings is 1. The summed E-state index contributed by atoms with van der Waals surface area (Å²) in [5, 5.41) is 4.62. The zero-order chi connectivity index (χ0) is 18.4. The number of hydrogen-bond acceptors (Lipinski definition) is 6. The van der Waals surface area contributed by atoms with Crippen molar-refractivity contribution in [1.82, 2.24) is 15.3 Å². The fourth-order valence-corrected chi connectivity index (χ4v) is 3.76. The van der Waals surface area contributed by atoms with Crippen molar-refractivity contribution in [2.24, 2.45) is 0 Å². The molecule has 1 unspecified atom stereocenters. The Kier molecular flexibility index (Phi) is 3.72. The lowest BCUT2D eigenvalue weighted by atomic mass is 10.0. The van der Waals surface area contributed by atoms with E-state index in [0.717, 1.165) is 47.2 Å². The van der Waals surface area contributed by atoms with Crippen molar-refractivity contribution in [3.05, 3.63) is 48.7 Å². The molecular formula is C21H21N5O. The van der Waals surface area contributed by atoms with E-state index in [0.29, 0.717) is 11.6 Å². The van der Waals surface area contributed by atoms with E-state index in [1.165, 1.54) is 5.69 Å². The van der Waals surface area contributed by atoms with E-state index in [1.54, 1.807) is 0 Å². The zero-order valence-electron chi connectivity index (χ0n) is 15.1. The third kappa shape index (κ3) is 2.98. The first-order valence-electron chi connectivity index (χ1n) is 9.20. The fourth-order valence-electron chi connectivity index (χ4n) is 3.76. The van der Waals surface area contributed by atoms with Gasteiger partial charge in [0.1, 0.15) is 5.52 Å². The number of rotatable bonds is 2. The predicted molar refractivity (Wildman–Crippen MR) is 109 cm³/mol. The van der Waals surface area contributed by atoms with Crippen LogP contribution in [0.2, 0.25) is 0 Å². The molecule has 3 heterocycles. The molecule has 1 aliphatic heterocycles. The molecule has 4 aromatic rings. The SMILES string of the molecule is CC1CN(c2cnc3ccc(-c4ccc5oc(N)nc5c4)cc3c2)CCN1. The van der Waals surface area contributed by atoms with Crippen LogP contribution in [0.25, 0.3) is 33.1 Å². The summed E-state index contributed by atoms with van der Waals surface area (Å²) in [6.45, 7) is 5.21. The summed E-state index contributed by atoms with van der Waals surface area (Å²) in [5.41, 5.74) is 11.5. The molecule has 6 nitrogen and oxygen atoms in total. The first-order chi connectivity index (χ1) is 13.2. The highest BCUT2D eigenvalue weighted by Gasteiger charge is 2.16. The van der Waals surface area contributed by atoms with Crippen molar-refractivity contribution in [1.29, 1.82) is 0 Å². The minimum atomic E-state index is 0.194. The van der Waals surface area contributed by atoms with Crippen LogP contribution < -0.4 is 16.0 Å². The van der Waals surface area contributed by atoms with Crippen LogP contribution in [0.1, 0.15) is 6.92 Å². The van der Waals surface area contributed by atoms with Crippen LogP contribution in [0.15, 0.2) is 53.1 Å². The Morgan fingerprint density at radius 2 is 1.96 bits per heavy atom. The summed E-state index contributed by atoms with van der Waals surface area (Å²) in [7, 11) is 0. The van der Waals surface area contributed by atoms with Gasteiger partial charge in [-0.15, -0.1) is 0 Å². The standard InChI is InChI=1S/C21H21N5O/c1-13-12-26(7-6-23-13)17-9-16-8-14(2-4-18(16)24-11-17)15-3-5-20-19(10-15)25-21(22)27-20/h2-5,8-11,13,23H,6-7,12H2,1H3,(H2,22,25). The zero-order valence-corrected chi connectivity index (χ0v) is 15.1. The summed E-state index contributed by atoms with van der Waals surface area (Å²) < 4.78 is 5.37. The molecule has 1 aliphatic rings. The Morgan fingerprint density at radius 1 is 1.11 bits per heavy atom. The van der Waals surface area contributed by atoms with Gasteiger partial charge in [-0.2, -0.15) is 4.98 Å². The van der Waals surface area contributed by atoms with Gasteiger partial charge in [0.15, 0.2) is 5.58 Å². The van der Waals surface area contributed by atoms with Crippen molar-refractivity contribution in [2.75, 3.05) is 30.3 Å². The van der Waals surface area contributed by atoms with Crippen LogP contribution in [0, 0.1) is 0 Å². The summed E-state index contributed by atoms with van der Waals surface area (Å²) in [6.07, 6.45) is 1.98. The number of pyridine rings is 1. The van der Waals surface area contributed by atoms with Crippen molar-refractivity contribution in [2.45, 2.75) is 13.0 Å². The number of nitrogens with zero attached hydrogens (tertiary/aromatic N) is 3. The second kappa shape index (κ2) is 6.25. The summed E-state index contributed by atoms with van der Waals surface area (Å²) in [4.78, 5) is 11.3. The van der Waals surface area contributed by atoms with Crippen LogP contribution >= 0.6 is 0 Å². The van der Waals surface area contributed by atoms with Gasteiger partial charge in [0.25, 0.3) is 6.01 Å². The maximum atomic E-state index is 5.66. The third-order valence-electron chi connectivity index (χ3n) is 5.14. The Hall–Kier alpha value is -3.12. The smallest absolute Gasteiger partial charge is 0.292 e. The largest absolute Gasteiger partial charge is 0.424 e. The molecule has 136 valence electrons. The molecule has 1 atom stereocenters. The molecule has 0 aliphatic carbocycles. The van der Waals surface area contributed by atoms with Crippen molar-refractivity contribution in [3.8, 4) is 11.1 Å². The number of benzene rings is 2. The van der Waals surface area contributed by atoms with Gasteiger partial charge in [-0.05, 0) is 48.4 Å². The number of anilines is 2. The Bertz CT molecular complexity index is 1140. The van der Waals surface area contributed by atoms with Crippen LogP contribution in [0.3, 0.4) is 0 Å². The lowest BCUT2D eigenvalue weighted by Crippen LogP contribution is -2.49. The molecule has 1 fully saturated rings. The van der Waals surface area contributed by atoms with Crippen molar-refractivity contribution in [3.63, 3.8) is 0 Å². The van der Waals surface area contributed by atoms with Crippen molar-refractivity contribution >= 4 is 33.7 Å². The van der Waals surface area contributed by atoms with E-state index in [9.17, 15) is 0 Å². The molecule has 0 radical (unpaired) electrons. The highest BCUT2D eigenvalue weighted by Crippen LogP contribution is 2.29. The van der Waals surface area contributed by atoms with Gasteiger partial charge >= 0.3 is 0 Å². The molecule has 0 spiro atoms. The topological polar surface area (TPSA) is 80.2 Å². The number of nitrogen functional groups attached to an aromatic ring is 1. The quantitative estimate of drug-likeness (QED) is 0.571. The highest BCUT2D eigenvalue weighted by molar-refractivity contribution is 5.89. The molecule has 2 aromatic carbocycles. The van der Waals surface area contributed by atoms with E-state index in [2.05, 4.69) is 51.4 Å². The molecule has 5 rings (SSSR count). The maximum absolute atomic E-state index is 5.66. The first-order valence-corrected chi connectivity index (χ1v) is 9.20. The van der Waals surface area contributed by atoms with Gasteiger partial charge in [-0.1, -0.05) is 12.1 Å². The number of nitrogens with one attached hydrogen (secondary N) is 1. The van der Waals surface area contributed by atoms with E-state index in [-0.39, 0.29) is 6.01 Å². The monoisotopic (exact) mass is 359 g/mol. The van der Waals surface area contributed by atoms with Gasteiger partial charge in [-0.3, -0.25) is 4.98 Å².